The van der Waals surface area contributed by atoms with Gasteiger partial charge in [0.1, 0.15) is 11.1 Å². The SMILES string of the molecule is CN(C)C(=S)C(O)c1ccccc1. The van der Waals surface area contributed by atoms with Crippen LogP contribution >= 0.6 is 12.2 Å². The average molecular weight is 195 g/mol. The highest BCUT2D eigenvalue weighted by atomic mass is 32.1. The predicted molar refractivity (Wildman–Crippen MR) is 57.7 cm³/mol. The van der Waals surface area contributed by atoms with Crippen LogP contribution in [0.15, 0.2) is 30.3 Å². The van der Waals surface area contributed by atoms with Crippen molar-refractivity contribution >= 4 is 17.2 Å². The lowest BCUT2D eigenvalue weighted by atomic mass is 10.1. The summed E-state index contributed by atoms with van der Waals surface area (Å²) >= 11 is 5.06. The fourth-order valence-electron chi connectivity index (χ4n) is 1.02. The lowest BCUT2D eigenvalue weighted by molar-refractivity contribution is 0.237. The van der Waals surface area contributed by atoms with Crippen molar-refractivity contribution in [2.45, 2.75) is 6.10 Å². The molecule has 0 aliphatic carbocycles. The van der Waals surface area contributed by atoms with E-state index in [4.69, 9.17) is 12.2 Å². The van der Waals surface area contributed by atoms with E-state index in [1.165, 1.54) is 0 Å². The minimum atomic E-state index is -0.675. The first-order chi connectivity index (χ1) is 6.13. The van der Waals surface area contributed by atoms with Crippen molar-refractivity contribution in [3.63, 3.8) is 0 Å². The fraction of sp³-hybridized carbons (Fsp3) is 0.300. The molecule has 0 aliphatic rings. The maximum absolute atomic E-state index is 9.78. The van der Waals surface area contributed by atoms with Gasteiger partial charge in [-0.2, -0.15) is 0 Å². The molecule has 0 bridgehead atoms. The number of hydrogen-bond donors (Lipinski definition) is 1. The molecule has 0 spiro atoms. The summed E-state index contributed by atoms with van der Waals surface area (Å²) in [5, 5.41) is 9.78. The van der Waals surface area contributed by atoms with Crippen LogP contribution in [0.4, 0.5) is 0 Å². The molecule has 0 saturated heterocycles. The Morgan fingerprint density at radius 3 is 2.31 bits per heavy atom. The van der Waals surface area contributed by atoms with Crippen molar-refractivity contribution in [1.29, 1.82) is 0 Å². The number of aliphatic hydroxyl groups excluding tert-OH is 1. The van der Waals surface area contributed by atoms with Gasteiger partial charge < -0.3 is 10.0 Å². The molecule has 0 heterocycles. The second-order valence-corrected chi connectivity index (χ2v) is 3.46. The predicted octanol–water partition coefficient (Wildman–Crippen LogP) is 1.61. The Bertz CT molecular complexity index is 284. The summed E-state index contributed by atoms with van der Waals surface area (Å²) in [6.07, 6.45) is -0.675. The molecule has 1 unspecified atom stereocenters. The molecule has 0 fully saturated rings. The summed E-state index contributed by atoms with van der Waals surface area (Å²) < 4.78 is 0. The van der Waals surface area contributed by atoms with Crippen LogP contribution in [-0.2, 0) is 0 Å². The van der Waals surface area contributed by atoms with Crippen molar-refractivity contribution in [3.8, 4) is 0 Å². The lowest BCUT2D eigenvalue weighted by Crippen LogP contribution is -2.26. The Labute approximate surface area is 83.8 Å². The summed E-state index contributed by atoms with van der Waals surface area (Å²) in [4.78, 5) is 2.28. The molecule has 0 aromatic heterocycles. The smallest absolute Gasteiger partial charge is 0.129 e. The first-order valence-corrected chi connectivity index (χ1v) is 4.48. The number of hydrogen-bond acceptors (Lipinski definition) is 2. The molecule has 0 aliphatic heterocycles. The summed E-state index contributed by atoms with van der Waals surface area (Å²) in [6.45, 7) is 0. The Morgan fingerprint density at radius 2 is 1.85 bits per heavy atom. The summed E-state index contributed by atoms with van der Waals surface area (Å²) in [5.41, 5.74) is 0.834. The zero-order valence-electron chi connectivity index (χ0n) is 7.77. The van der Waals surface area contributed by atoms with Crippen LogP contribution in [0.25, 0.3) is 0 Å². The van der Waals surface area contributed by atoms with Gasteiger partial charge in [0.15, 0.2) is 0 Å². The van der Waals surface area contributed by atoms with Crippen LogP contribution in [0, 0.1) is 0 Å². The van der Waals surface area contributed by atoms with Crippen molar-refractivity contribution in [2.24, 2.45) is 0 Å². The van der Waals surface area contributed by atoms with E-state index in [1.807, 2.05) is 44.4 Å². The molecule has 1 N–H and O–H groups in total. The average Bonchev–Trinajstić information content (AvgIpc) is 2.17. The zero-order valence-corrected chi connectivity index (χ0v) is 8.58. The molecule has 1 atom stereocenters. The Balaban J connectivity index is 2.80. The van der Waals surface area contributed by atoms with Gasteiger partial charge >= 0.3 is 0 Å². The maximum Gasteiger partial charge on any atom is 0.129 e. The highest BCUT2D eigenvalue weighted by Gasteiger charge is 2.13. The maximum atomic E-state index is 9.78. The molecule has 13 heavy (non-hydrogen) atoms. The number of aliphatic hydroxyl groups is 1. The van der Waals surface area contributed by atoms with E-state index in [0.29, 0.717) is 4.99 Å². The van der Waals surface area contributed by atoms with E-state index < -0.39 is 6.10 Å². The van der Waals surface area contributed by atoms with Crippen molar-refractivity contribution in [1.82, 2.24) is 4.90 Å². The lowest BCUT2D eigenvalue weighted by Gasteiger charge is -2.19. The standard InChI is InChI=1S/C10H13NOS/c1-11(2)10(13)9(12)8-6-4-3-5-7-8/h3-7,9,12H,1-2H3. The number of likely N-dealkylation sites (N-methyl/N-ethyl adjacent to an activating group) is 1. The molecular weight excluding hydrogens is 182 g/mol. The van der Waals surface area contributed by atoms with E-state index >= 15 is 0 Å². The molecular formula is C10H13NOS. The van der Waals surface area contributed by atoms with Crippen LogP contribution in [-0.4, -0.2) is 29.1 Å². The van der Waals surface area contributed by atoms with Crippen molar-refractivity contribution < 1.29 is 5.11 Å². The Morgan fingerprint density at radius 1 is 1.31 bits per heavy atom. The second-order valence-electron chi connectivity index (χ2n) is 3.05. The monoisotopic (exact) mass is 195 g/mol. The van der Waals surface area contributed by atoms with Gasteiger partial charge in [0.05, 0.1) is 0 Å². The van der Waals surface area contributed by atoms with Gasteiger partial charge in [-0.15, -0.1) is 0 Å². The zero-order chi connectivity index (χ0) is 9.84. The summed E-state index contributed by atoms with van der Waals surface area (Å²) in [5.74, 6) is 0. The molecule has 3 heteroatoms. The highest BCUT2D eigenvalue weighted by molar-refractivity contribution is 7.80. The third kappa shape index (κ3) is 2.50. The van der Waals surface area contributed by atoms with E-state index in [1.54, 1.807) is 4.90 Å². The number of benzene rings is 1. The Hall–Kier alpha value is -0.930. The van der Waals surface area contributed by atoms with Gasteiger partial charge in [0.2, 0.25) is 0 Å². The molecule has 0 amide bonds. The Kier molecular flexibility index (Phi) is 3.39. The van der Waals surface area contributed by atoms with Gasteiger partial charge in [-0.05, 0) is 5.56 Å². The van der Waals surface area contributed by atoms with E-state index in [0.717, 1.165) is 5.56 Å². The minimum Gasteiger partial charge on any atom is -0.381 e. The second kappa shape index (κ2) is 4.35. The minimum absolute atomic E-state index is 0.534. The molecule has 1 rings (SSSR count). The van der Waals surface area contributed by atoms with E-state index in [2.05, 4.69) is 0 Å². The number of nitrogens with zero attached hydrogens (tertiary/aromatic N) is 1. The first-order valence-electron chi connectivity index (χ1n) is 4.07. The van der Waals surface area contributed by atoms with E-state index in [-0.39, 0.29) is 0 Å². The van der Waals surface area contributed by atoms with Crippen molar-refractivity contribution in [3.05, 3.63) is 35.9 Å². The molecule has 0 saturated carbocycles. The molecule has 1 aromatic carbocycles. The third-order valence-corrected chi connectivity index (χ3v) is 2.38. The van der Waals surface area contributed by atoms with Crippen LogP contribution in [0.5, 0.6) is 0 Å². The normalized spacial score (nSPS) is 12.2. The summed E-state index contributed by atoms with van der Waals surface area (Å²) in [7, 11) is 3.66. The quantitative estimate of drug-likeness (QED) is 0.725. The van der Waals surface area contributed by atoms with Gasteiger partial charge in [0.25, 0.3) is 0 Å². The van der Waals surface area contributed by atoms with Gasteiger partial charge in [0, 0.05) is 14.1 Å². The van der Waals surface area contributed by atoms with Gasteiger partial charge in [-0.1, -0.05) is 42.5 Å². The molecule has 0 radical (unpaired) electrons. The third-order valence-electron chi connectivity index (χ3n) is 1.79. The fourth-order valence-corrected chi connectivity index (χ4v) is 1.16. The van der Waals surface area contributed by atoms with Crippen LogP contribution < -0.4 is 0 Å². The molecule has 1 aromatic rings. The number of thiocarbonyl (C=S) groups is 1. The highest BCUT2D eigenvalue weighted by Crippen LogP contribution is 2.14. The van der Waals surface area contributed by atoms with Gasteiger partial charge in [-0.3, -0.25) is 0 Å². The first kappa shape index (κ1) is 10.2. The van der Waals surface area contributed by atoms with Crippen LogP contribution in [0.2, 0.25) is 0 Å². The summed E-state index contributed by atoms with van der Waals surface area (Å²) in [6, 6.07) is 9.41. The van der Waals surface area contributed by atoms with E-state index in [9.17, 15) is 5.11 Å². The topological polar surface area (TPSA) is 23.5 Å². The van der Waals surface area contributed by atoms with Crippen LogP contribution in [0.3, 0.4) is 0 Å². The molecule has 70 valence electrons. The number of rotatable bonds is 2. The van der Waals surface area contributed by atoms with Crippen LogP contribution in [0.1, 0.15) is 11.7 Å². The van der Waals surface area contributed by atoms with Gasteiger partial charge in [-0.25, -0.2) is 0 Å². The molecule has 2 nitrogen and oxygen atoms in total. The van der Waals surface area contributed by atoms with Crippen molar-refractivity contribution in [2.75, 3.05) is 14.1 Å². The largest absolute Gasteiger partial charge is 0.381 e.